The molecule has 142 valence electrons. The summed E-state index contributed by atoms with van der Waals surface area (Å²) in [6.07, 6.45) is 0. The molecule has 1 atom stereocenters. The molecule has 0 unspecified atom stereocenters. The van der Waals surface area contributed by atoms with Gasteiger partial charge in [-0.05, 0) is 42.8 Å². The van der Waals surface area contributed by atoms with E-state index in [0.29, 0.717) is 27.1 Å². The molecular formula is C19H18Cl2N2O3S. The number of ether oxygens (including phenoxy) is 1. The maximum Gasteiger partial charge on any atom is 0.325 e. The highest BCUT2D eigenvalue weighted by atomic mass is 35.5. The van der Waals surface area contributed by atoms with Gasteiger partial charge >= 0.3 is 6.03 Å². The van der Waals surface area contributed by atoms with E-state index in [1.165, 1.54) is 16.7 Å². The Hall–Kier alpha value is -1.89. The Morgan fingerprint density at radius 2 is 1.85 bits per heavy atom. The van der Waals surface area contributed by atoms with Crippen molar-refractivity contribution in [2.24, 2.45) is 0 Å². The lowest BCUT2D eigenvalue weighted by atomic mass is 9.92. The van der Waals surface area contributed by atoms with Crippen LogP contribution in [0.5, 0.6) is 5.75 Å². The first-order valence-electron chi connectivity index (χ1n) is 8.21. The van der Waals surface area contributed by atoms with Crippen LogP contribution in [0.4, 0.5) is 4.79 Å². The highest BCUT2D eigenvalue weighted by molar-refractivity contribution is 7.99. The quantitative estimate of drug-likeness (QED) is 0.545. The number of hydrogen-bond donors (Lipinski definition) is 1. The molecule has 5 nitrogen and oxygen atoms in total. The third-order valence-electron chi connectivity index (χ3n) is 4.41. The van der Waals surface area contributed by atoms with E-state index >= 15 is 0 Å². The number of imide groups is 1. The molecule has 1 N–H and O–H groups in total. The zero-order valence-corrected chi connectivity index (χ0v) is 17.1. The topological polar surface area (TPSA) is 58.6 Å². The lowest BCUT2D eigenvalue weighted by molar-refractivity contribution is -0.130. The van der Waals surface area contributed by atoms with E-state index in [-0.39, 0.29) is 12.5 Å². The maximum atomic E-state index is 12.9. The van der Waals surface area contributed by atoms with Gasteiger partial charge < -0.3 is 10.1 Å². The van der Waals surface area contributed by atoms with Gasteiger partial charge in [0.15, 0.2) is 0 Å². The Morgan fingerprint density at radius 3 is 2.52 bits per heavy atom. The van der Waals surface area contributed by atoms with Crippen LogP contribution in [0.2, 0.25) is 10.0 Å². The van der Waals surface area contributed by atoms with Crippen molar-refractivity contribution >= 4 is 46.9 Å². The average molecular weight is 425 g/mol. The van der Waals surface area contributed by atoms with Crippen molar-refractivity contribution in [3.05, 3.63) is 58.1 Å². The Morgan fingerprint density at radius 1 is 1.15 bits per heavy atom. The zero-order chi connectivity index (χ0) is 19.6. The molecule has 0 aliphatic carbocycles. The molecule has 0 aromatic heterocycles. The second-order valence-electron chi connectivity index (χ2n) is 6.16. The molecule has 3 rings (SSSR count). The van der Waals surface area contributed by atoms with Crippen LogP contribution < -0.4 is 10.1 Å². The van der Waals surface area contributed by atoms with Crippen LogP contribution in [0.1, 0.15) is 12.5 Å². The van der Waals surface area contributed by atoms with Gasteiger partial charge in [0.25, 0.3) is 5.91 Å². The van der Waals surface area contributed by atoms with Crippen LogP contribution in [0.25, 0.3) is 0 Å². The molecule has 1 fully saturated rings. The summed E-state index contributed by atoms with van der Waals surface area (Å²) >= 11 is 13.6. The first-order chi connectivity index (χ1) is 12.8. The molecule has 0 bridgehead atoms. The van der Waals surface area contributed by atoms with Crippen molar-refractivity contribution < 1.29 is 14.3 Å². The van der Waals surface area contributed by atoms with Gasteiger partial charge in [0.05, 0.1) is 12.1 Å². The predicted octanol–water partition coefficient (Wildman–Crippen LogP) is 4.56. The SMILES string of the molecule is COc1ccc([C@@]2(C)NC(=O)N(CCSc3cc(Cl)ccc3Cl)C2=O)cc1. The Balaban J connectivity index is 1.69. The number of carbonyl (C=O) groups is 2. The van der Waals surface area contributed by atoms with Crippen molar-refractivity contribution in [3.63, 3.8) is 0 Å². The molecule has 1 aliphatic heterocycles. The summed E-state index contributed by atoms with van der Waals surface area (Å²) in [5.74, 6) is 0.916. The number of thioether (sulfide) groups is 1. The van der Waals surface area contributed by atoms with Gasteiger partial charge in [-0.2, -0.15) is 0 Å². The fraction of sp³-hybridized carbons (Fsp3) is 0.263. The van der Waals surface area contributed by atoms with Crippen molar-refractivity contribution in [2.45, 2.75) is 17.4 Å². The Labute approximate surface area is 172 Å². The van der Waals surface area contributed by atoms with Crippen molar-refractivity contribution in [2.75, 3.05) is 19.4 Å². The summed E-state index contributed by atoms with van der Waals surface area (Å²) < 4.78 is 5.14. The first kappa shape index (κ1) is 19.9. The highest BCUT2D eigenvalue weighted by Gasteiger charge is 2.48. The van der Waals surface area contributed by atoms with Gasteiger partial charge in [0, 0.05) is 22.2 Å². The molecule has 27 heavy (non-hydrogen) atoms. The molecule has 1 heterocycles. The number of hydrogen-bond acceptors (Lipinski definition) is 4. The van der Waals surface area contributed by atoms with E-state index in [0.717, 1.165) is 4.90 Å². The molecule has 3 amide bonds. The van der Waals surface area contributed by atoms with Gasteiger partial charge in [0.2, 0.25) is 0 Å². The fourth-order valence-corrected chi connectivity index (χ4v) is 4.28. The fourth-order valence-electron chi connectivity index (χ4n) is 2.85. The molecule has 0 radical (unpaired) electrons. The summed E-state index contributed by atoms with van der Waals surface area (Å²) in [6, 6.07) is 11.9. The number of urea groups is 1. The van der Waals surface area contributed by atoms with E-state index in [1.807, 2.05) is 0 Å². The first-order valence-corrected chi connectivity index (χ1v) is 9.96. The normalized spacial score (nSPS) is 19.3. The minimum atomic E-state index is -1.10. The number of methoxy groups -OCH3 is 1. The second-order valence-corrected chi connectivity index (χ2v) is 8.14. The monoisotopic (exact) mass is 424 g/mol. The van der Waals surface area contributed by atoms with E-state index in [1.54, 1.807) is 56.5 Å². The minimum absolute atomic E-state index is 0.268. The van der Waals surface area contributed by atoms with Gasteiger partial charge in [-0.1, -0.05) is 35.3 Å². The second kappa shape index (κ2) is 8.00. The number of benzene rings is 2. The minimum Gasteiger partial charge on any atom is -0.497 e. The van der Waals surface area contributed by atoms with Crippen molar-refractivity contribution in [1.29, 1.82) is 0 Å². The van der Waals surface area contributed by atoms with E-state index in [9.17, 15) is 9.59 Å². The molecule has 1 saturated heterocycles. The van der Waals surface area contributed by atoms with Crippen LogP contribution in [-0.4, -0.2) is 36.2 Å². The lowest BCUT2D eigenvalue weighted by Gasteiger charge is -2.22. The van der Waals surface area contributed by atoms with Crippen LogP contribution in [0.15, 0.2) is 47.4 Å². The van der Waals surface area contributed by atoms with Gasteiger partial charge in [-0.15, -0.1) is 11.8 Å². The third kappa shape index (κ3) is 4.03. The molecular weight excluding hydrogens is 407 g/mol. The van der Waals surface area contributed by atoms with Crippen LogP contribution in [0.3, 0.4) is 0 Å². The van der Waals surface area contributed by atoms with E-state index in [4.69, 9.17) is 27.9 Å². The Kier molecular flexibility index (Phi) is 5.89. The average Bonchev–Trinajstić information content (AvgIpc) is 2.88. The number of carbonyl (C=O) groups excluding carboxylic acids is 2. The molecule has 0 saturated carbocycles. The van der Waals surface area contributed by atoms with Crippen LogP contribution in [-0.2, 0) is 10.3 Å². The number of halogens is 2. The number of rotatable bonds is 6. The molecule has 2 aromatic rings. The summed E-state index contributed by atoms with van der Waals surface area (Å²) in [5, 5.41) is 3.97. The van der Waals surface area contributed by atoms with Crippen LogP contribution in [0, 0.1) is 0 Å². The number of nitrogens with zero attached hydrogens (tertiary/aromatic N) is 1. The maximum absolute atomic E-state index is 12.9. The molecule has 8 heteroatoms. The standard InChI is InChI=1S/C19H18Cl2N2O3S/c1-19(12-3-6-14(26-2)7-4-12)17(24)23(18(25)22-19)9-10-27-16-11-13(20)5-8-15(16)21/h3-8,11H,9-10H2,1-2H3,(H,22,25)/t19-/m1/s1. The van der Waals surface area contributed by atoms with Crippen molar-refractivity contribution in [1.82, 2.24) is 10.2 Å². The summed E-state index contributed by atoms with van der Waals surface area (Å²) in [4.78, 5) is 27.3. The summed E-state index contributed by atoms with van der Waals surface area (Å²) in [6.45, 7) is 1.97. The van der Waals surface area contributed by atoms with Gasteiger partial charge in [0.1, 0.15) is 11.3 Å². The highest BCUT2D eigenvalue weighted by Crippen LogP contribution is 2.32. The number of amides is 3. The molecule has 2 aromatic carbocycles. The molecule has 1 aliphatic rings. The zero-order valence-electron chi connectivity index (χ0n) is 14.8. The van der Waals surface area contributed by atoms with Crippen LogP contribution >= 0.6 is 35.0 Å². The number of nitrogens with one attached hydrogen (secondary N) is 1. The summed E-state index contributed by atoms with van der Waals surface area (Å²) in [5.41, 5.74) is -0.392. The van der Waals surface area contributed by atoms with Gasteiger partial charge in [-0.25, -0.2) is 4.79 Å². The summed E-state index contributed by atoms with van der Waals surface area (Å²) in [7, 11) is 1.57. The lowest BCUT2D eigenvalue weighted by Crippen LogP contribution is -2.41. The Bertz CT molecular complexity index is 876. The van der Waals surface area contributed by atoms with E-state index < -0.39 is 11.6 Å². The van der Waals surface area contributed by atoms with E-state index in [2.05, 4.69) is 5.32 Å². The third-order valence-corrected chi connectivity index (χ3v) is 6.12. The molecule has 0 spiro atoms. The predicted molar refractivity (Wildman–Crippen MR) is 108 cm³/mol. The largest absolute Gasteiger partial charge is 0.497 e. The van der Waals surface area contributed by atoms with Gasteiger partial charge in [-0.3, -0.25) is 9.69 Å². The smallest absolute Gasteiger partial charge is 0.325 e. The van der Waals surface area contributed by atoms with Crippen molar-refractivity contribution in [3.8, 4) is 5.75 Å².